The molecule has 3 heterocycles. The predicted molar refractivity (Wildman–Crippen MR) is 186 cm³/mol. The number of urea groups is 1. The number of aromatic amines is 1. The number of piperidine rings is 1. The van der Waals surface area contributed by atoms with Gasteiger partial charge in [0.2, 0.25) is 0 Å². The number of nitrogens with zero attached hydrogens (tertiary/aromatic N) is 2. The van der Waals surface area contributed by atoms with Crippen LogP contribution >= 0.6 is 0 Å². The molecule has 2 amide bonds. The number of H-pyrrole nitrogens is 1. The molecule has 1 aliphatic rings. The van der Waals surface area contributed by atoms with E-state index < -0.39 is 0 Å². The van der Waals surface area contributed by atoms with Crippen molar-refractivity contribution in [3.63, 3.8) is 0 Å². The first-order chi connectivity index (χ1) is 22.1. The van der Waals surface area contributed by atoms with Crippen LogP contribution in [-0.2, 0) is 16.6 Å². The fourth-order valence-corrected chi connectivity index (χ4v) is 6.55. The number of carbonyl (C=O) groups is 2. The van der Waals surface area contributed by atoms with Crippen LogP contribution in [0.5, 0.6) is 0 Å². The number of Topliss-reactive ketones (excluding diaryl/α,β-unsaturated/α-hetero) is 1. The fourth-order valence-electron chi connectivity index (χ4n) is 6.55. The molecule has 1 aliphatic heterocycles. The average molecular weight is 617 g/mol. The number of ketones is 1. The number of aromatic nitrogens is 3. The number of amides is 2. The highest BCUT2D eigenvalue weighted by molar-refractivity contribution is 6.00. The third-order valence-electron chi connectivity index (χ3n) is 9.08. The van der Waals surface area contributed by atoms with Crippen LogP contribution in [0.2, 0.25) is 0 Å². The minimum absolute atomic E-state index is 0.196. The van der Waals surface area contributed by atoms with Crippen molar-refractivity contribution in [3.05, 3.63) is 107 Å². The normalized spacial score (nSPS) is 14.7. The maximum Gasteiger partial charge on any atom is 0.324 e. The van der Waals surface area contributed by atoms with E-state index in [1.807, 2.05) is 80.6 Å². The molecule has 1 saturated heterocycles. The van der Waals surface area contributed by atoms with Gasteiger partial charge in [-0.25, -0.2) is 9.48 Å². The number of hydrogen-bond acceptors (Lipinski definition) is 4. The van der Waals surface area contributed by atoms with Crippen LogP contribution in [0.25, 0.3) is 16.6 Å². The summed E-state index contributed by atoms with van der Waals surface area (Å²) >= 11 is 0. The fraction of sp³-hybridized carbons (Fsp3) is 0.342. The Morgan fingerprint density at radius 2 is 1.67 bits per heavy atom. The van der Waals surface area contributed by atoms with E-state index in [4.69, 9.17) is 5.10 Å². The molecule has 0 bridgehead atoms. The molecule has 1 fully saturated rings. The van der Waals surface area contributed by atoms with Gasteiger partial charge in [-0.2, -0.15) is 5.10 Å². The van der Waals surface area contributed by atoms with E-state index in [-0.39, 0.29) is 29.1 Å². The second-order valence-electron chi connectivity index (χ2n) is 13.6. The van der Waals surface area contributed by atoms with Gasteiger partial charge in [-0.15, -0.1) is 0 Å². The Hall–Kier alpha value is -4.69. The third-order valence-corrected chi connectivity index (χ3v) is 9.08. The number of benzene rings is 3. The first-order valence-corrected chi connectivity index (χ1v) is 16.2. The van der Waals surface area contributed by atoms with Gasteiger partial charge in [0.15, 0.2) is 0 Å². The Kier molecular flexibility index (Phi) is 8.82. The molecule has 0 radical (unpaired) electrons. The minimum Gasteiger partial charge on any atom is -0.358 e. The molecule has 1 atom stereocenters. The van der Waals surface area contributed by atoms with Gasteiger partial charge in [0.1, 0.15) is 11.6 Å². The van der Waals surface area contributed by atoms with Crippen molar-refractivity contribution >= 4 is 34.2 Å². The summed E-state index contributed by atoms with van der Waals surface area (Å²) in [6.45, 7) is 12.2. The summed E-state index contributed by atoms with van der Waals surface area (Å²) in [4.78, 5) is 31.1. The summed E-state index contributed by atoms with van der Waals surface area (Å²) in [6.07, 6.45) is 2.22. The van der Waals surface area contributed by atoms with Crippen molar-refractivity contribution in [2.75, 3.05) is 23.7 Å². The van der Waals surface area contributed by atoms with Crippen molar-refractivity contribution in [3.8, 4) is 5.69 Å². The highest BCUT2D eigenvalue weighted by Crippen LogP contribution is 2.35. The molecule has 0 aliphatic carbocycles. The maximum absolute atomic E-state index is 14.2. The van der Waals surface area contributed by atoms with E-state index in [2.05, 4.69) is 53.8 Å². The second-order valence-corrected chi connectivity index (χ2v) is 13.6. The summed E-state index contributed by atoms with van der Waals surface area (Å²) in [5.41, 5.74) is 7.42. The highest BCUT2D eigenvalue weighted by atomic mass is 16.2. The van der Waals surface area contributed by atoms with E-state index in [1.165, 1.54) is 0 Å². The smallest absolute Gasteiger partial charge is 0.324 e. The topological polar surface area (TPSA) is 104 Å². The van der Waals surface area contributed by atoms with Gasteiger partial charge in [-0.1, -0.05) is 68.8 Å². The lowest BCUT2D eigenvalue weighted by molar-refractivity contribution is -0.121. The molecule has 1 unspecified atom stereocenters. The monoisotopic (exact) mass is 616 g/mol. The Labute approximate surface area is 271 Å². The molecule has 2 aromatic heterocycles. The molecule has 6 rings (SSSR count). The molecule has 4 N–H and O–H groups in total. The highest BCUT2D eigenvalue weighted by Gasteiger charge is 2.32. The molecule has 0 saturated carbocycles. The van der Waals surface area contributed by atoms with Crippen LogP contribution in [0.3, 0.4) is 0 Å². The Morgan fingerprint density at radius 3 is 2.41 bits per heavy atom. The number of aryl methyl sites for hydroxylation is 2. The Morgan fingerprint density at radius 1 is 0.935 bits per heavy atom. The number of anilines is 2. The SMILES string of the molecule is Cc1ccc(-n2nc(C(C)(C)C)cc2NC(=O)Nc2cccc(C(C(=O)Cc3c(C)[nH]c4ccccc34)C3CCNCC3)c2)cc1. The number of para-hydroxylation sites is 1. The summed E-state index contributed by atoms with van der Waals surface area (Å²) in [5.74, 6) is 0.748. The summed E-state index contributed by atoms with van der Waals surface area (Å²) in [7, 11) is 0. The van der Waals surface area contributed by atoms with Crippen LogP contribution in [0, 0.1) is 19.8 Å². The molecule has 238 valence electrons. The van der Waals surface area contributed by atoms with Crippen LogP contribution in [-0.4, -0.2) is 39.7 Å². The van der Waals surface area contributed by atoms with Crippen molar-refractivity contribution in [2.45, 2.75) is 65.2 Å². The van der Waals surface area contributed by atoms with Crippen molar-refractivity contribution in [1.82, 2.24) is 20.1 Å². The van der Waals surface area contributed by atoms with Crippen LogP contribution in [0.4, 0.5) is 16.3 Å². The molecule has 0 spiro atoms. The van der Waals surface area contributed by atoms with E-state index >= 15 is 0 Å². The summed E-state index contributed by atoms with van der Waals surface area (Å²) in [6, 6.07) is 25.6. The number of carbonyl (C=O) groups excluding carboxylic acids is 2. The number of hydrogen-bond donors (Lipinski definition) is 4. The Bertz CT molecular complexity index is 1850. The van der Waals surface area contributed by atoms with E-state index in [0.717, 1.165) is 70.6 Å². The number of rotatable bonds is 8. The zero-order chi connectivity index (χ0) is 32.4. The molecular formula is C38H44N6O2. The summed E-state index contributed by atoms with van der Waals surface area (Å²) < 4.78 is 1.77. The molecule has 5 aromatic rings. The van der Waals surface area contributed by atoms with Crippen LogP contribution in [0.15, 0.2) is 78.9 Å². The second kappa shape index (κ2) is 13.0. The van der Waals surface area contributed by atoms with Gasteiger partial charge in [0.05, 0.1) is 11.4 Å². The first kappa shape index (κ1) is 31.3. The van der Waals surface area contributed by atoms with Gasteiger partial charge in [0.25, 0.3) is 0 Å². The van der Waals surface area contributed by atoms with Gasteiger partial charge in [-0.3, -0.25) is 10.1 Å². The number of fused-ring (bicyclic) bond motifs is 1. The quantitative estimate of drug-likeness (QED) is 0.143. The first-order valence-electron chi connectivity index (χ1n) is 16.2. The lowest BCUT2D eigenvalue weighted by atomic mass is 9.76. The van der Waals surface area contributed by atoms with Crippen LogP contribution < -0.4 is 16.0 Å². The van der Waals surface area contributed by atoms with E-state index in [1.54, 1.807) is 4.68 Å². The molecular weight excluding hydrogens is 572 g/mol. The largest absolute Gasteiger partial charge is 0.358 e. The van der Waals surface area contributed by atoms with Gasteiger partial charge in [0, 0.05) is 46.1 Å². The number of nitrogens with one attached hydrogen (secondary N) is 4. The lowest BCUT2D eigenvalue weighted by Crippen LogP contribution is -2.34. The Balaban J connectivity index is 1.25. The average Bonchev–Trinajstić information content (AvgIpc) is 3.59. The zero-order valence-corrected chi connectivity index (χ0v) is 27.4. The molecule has 8 heteroatoms. The maximum atomic E-state index is 14.2. The standard InChI is InChI=1S/C38H44N6O2/c1-24-13-15-29(16-14-24)44-35(23-34(43-44)38(3,4)5)42-37(46)41-28-10-8-9-27(21-28)36(26-17-19-39-20-18-26)33(45)22-31-25(2)40-32-12-7-6-11-30(31)32/h6-16,21,23,26,36,39-40H,17-20,22H2,1-5H3,(H2,41,42,46). The van der Waals surface area contributed by atoms with Crippen molar-refractivity contribution < 1.29 is 9.59 Å². The van der Waals surface area contributed by atoms with Crippen LogP contribution in [0.1, 0.15) is 67.6 Å². The predicted octanol–water partition coefficient (Wildman–Crippen LogP) is 7.81. The van der Waals surface area contributed by atoms with E-state index in [9.17, 15) is 9.59 Å². The van der Waals surface area contributed by atoms with E-state index in [0.29, 0.717) is 17.9 Å². The van der Waals surface area contributed by atoms with Gasteiger partial charge >= 0.3 is 6.03 Å². The third kappa shape index (κ3) is 6.77. The zero-order valence-electron chi connectivity index (χ0n) is 27.4. The molecule has 8 nitrogen and oxygen atoms in total. The molecule has 46 heavy (non-hydrogen) atoms. The van der Waals surface area contributed by atoms with Crippen molar-refractivity contribution in [2.24, 2.45) is 5.92 Å². The van der Waals surface area contributed by atoms with Gasteiger partial charge < -0.3 is 15.6 Å². The molecule has 3 aromatic carbocycles. The van der Waals surface area contributed by atoms with Gasteiger partial charge in [-0.05, 0) is 87.2 Å². The summed E-state index contributed by atoms with van der Waals surface area (Å²) in [5, 5.41) is 15.4. The minimum atomic E-state index is -0.370. The lowest BCUT2D eigenvalue weighted by Gasteiger charge is -2.30. The van der Waals surface area contributed by atoms with Crippen molar-refractivity contribution in [1.29, 1.82) is 0 Å².